The van der Waals surface area contributed by atoms with E-state index in [9.17, 15) is 9.59 Å². The minimum absolute atomic E-state index is 0.0102. The van der Waals surface area contributed by atoms with Gasteiger partial charge in [0.25, 0.3) is 5.56 Å². The number of fused-ring (bicyclic) bond motifs is 3. The molecule has 0 unspecified atom stereocenters. The Bertz CT molecular complexity index is 1110. The number of benzene rings is 1. The molecule has 2 aromatic heterocycles. The van der Waals surface area contributed by atoms with E-state index < -0.39 is 0 Å². The van der Waals surface area contributed by atoms with Gasteiger partial charge in [-0.05, 0) is 56.9 Å². The second kappa shape index (κ2) is 7.75. The van der Waals surface area contributed by atoms with Crippen LogP contribution < -0.4 is 5.56 Å². The minimum Gasteiger partial charge on any atom is -0.461 e. The summed E-state index contributed by atoms with van der Waals surface area (Å²) >= 11 is 1.64. The van der Waals surface area contributed by atoms with Crippen LogP contribution in [0.1, 0.15) is 49.0 Å². The van der Waals surface area contributed by atoms with Gasteiger partial charge in [-0.1, -0.05) is 30.3 Å². The molecule has 5 rings (SSSR count). The number of hydrogen-bond donors (Lipinski definition) is 0. The van der Waals surface area contributed by atoms with E-state index in [0.717, 1.165) is 67.3 Å². The smallest absolute Gasteiger partial charge is 0.326 e. The molecule has 0 amide bonds. The topological polar surface area (TPSA) is 61.2 Å². The van der Waals surface area contributed by atoms with Gasteiger partial charge < -0.3 is 4.74 Å². The third-order valence-corrected chi connectivity index (χ3v) is 7.18. The number of rotatable bonds is 4. The molecule has 3 aromatic rings. The predicted octanol–water partition coefficient (Wildman–Crippen LogP) is 4.49. The van der Waals surface area contributed by atoms with Gasteiger partial charge in [-0.15, -0.1) is 11.3 Å². The molecule has 0 spiro atoms. The average Bonchev–Trinajstić information content (AvgIpc) is 3.38. The minimum atomic E-state index is -0.346. The lowest BCUT2D eigenvalue weighted by Crippen LogP contribution is -2.29. The molecule has 150 valence electrons. The predicted molar refractivity (Wildman–Crippen MR) is 114 cm³/mol. The van der Waals surface area contributed by atoms with Crippen molar-refractivity contribution in [2.24, 2.45) is 0 Å². The lowest BCUT2D eigenvalue weighted by molar-refractivity contribution is -0.149. The summed E-state index contributed by atoms with van der Waals surface area (Å²) in [6, 6.07) is 9.64. The van der Waals surface area contributed by atoms with Crippen LogP contribution in [0.4, 0.5) is 0 Å². The van der Waals surface area contributed by atoms with Crippen molar-refractivity contribution in [3.8, 4) is 11.4 Å². The Morgan fingerprint density at radius 3 is 2.66 bits per heavy atom. The summed E-state index contributed by atoms with van der Waals surface area (Å²) in [5.74, 6) is 0.200. The first kappa shape index (κ1) is 18.6. The van der Waals surface area contributed by atoms with Crippen LogP contribution in [0.2, 0.25) is 0 Å². The highest BCUT2D eigenvalue weighted by molar-refractivity contribution is 7.18. The van der Waals surface area contributed by atoms with Crippen LogP contribution in [0.5, 0.6) is 0 Å². The zero-order chi connectivity index (χ0) is 19.8. The van der Waals surface area contributed by atoms with E-state index in [0.29, 0.717) is 11.2 Å². The third-order valence-electron chi connectivity index (χ3n) is 5.99. The molecule has 1 saturated carbocycles. The number of ether oxygens (including phenoxy) is 1. The number of hydrogen-bond acceptors (Lipinski definition) is 5. The Balaban J connectivity index is 1.61. The number of carbonyl (C=O) groups excluding carboxylic acids is 1. The molecule has 29 heavy (non-hydrogen) atoms. The maximum atomic E-state index is 13.6. The Hall–Kier alpha value is -2.47. The van der Waals surface area contributed by atoms with Crippen LogP contribution in [-0.2, 0) is 28.9 Å². The number of aryl methyl sites for hydroxylation is 2. The van der Waals surface area contributed by atoms with Crippen LogP contribution in [0, 0.1) is 0 Å². The molecule has 0 atom stereocenters. The number of thiophene rings is 1. The summed E-state index contributed by atoms with van der Waals surface area (Å²) in [7, 11) is 0. The highest BCUT2D eigenvalue weighted by atomic mass is 32.1. The van der Waals surface area contributed by atoms with E-state index in [4.69, 9.17) is 9.72 Å². The summed E-state index contributed by atoms with van der Waals surface area (Å²) < 4.78 is 7.17. The molecule has 0 aliphatic heterocycles. The van der Waals surface area contributed by atoms with Crippen molar-refractivity contribution in [2.75, 3.05) is 0 Å². The number of esters is 1. The molecule has 2 aliphatic rings. The molecule has 1 fully saturated rings. The van der Waals surface area contributed by atoms with Crippen molar-refractivity contribution in [3.63, 3.8) is 0 Å². The quantitative estimate of drug-likeness (QED) is 0.597. The first-order valence-corrected chi connectivity index (χ1v) is 11.3. The van der Waals surface area contributed by atoms with Crippen molar-refractivity contribution in [3.05, 3.63) is 51.1 Å². The van der Waals surface area contributed by atoms with Crippen LogP contribution in [0.3, 0.4) is 0 Å². The van der Waals surface area contributed by atoms with Crippen molar-refractivity contribution in [1.29, 1.82) is 0 Å². The van der Waals surface area contributed by atoms with Gasteiger partial charge in [-0.25, -0.2) is 4.98 Å². The van der Waals surface area contributed by atoms with E-state index in [1.54, 1.807) is 11.3 Å². The SMILES string of the molecule is O=C(Cn1c(-c2ccccc2)nc2sc3c(c2c1=O)CCCC3)OC1CCCC1. The molecule has 6 heteroatoms. The van der Waals surface area contributed by atoms with E-state index in [2.05, 4.69) is 0 Å². The average molecular weight is 409 g/mol. The Morgan fingerprint density at radius 1 is 1.10 bits per heavy atom. The summed E-state index contributed by atoms with van der Waals surface area (Å²) in [5, 5.41) is 0.707. The maximum absolute atomic E-state index is 13.6. The normalized spacial score (nSPS) is 16.8. The molecular formula is C23H24N2O3S. The summed E-state index contributed by atoms with van der Waals surface area (Å²) in [5.41, 5.74) is 1.87. The molecule has 0 bridgehead atoms. The molecule has 2 aliphatic carbocycles. The highest BCUT2D eigenvalue weighted by Gasteiger charge is 2.25. The zero-order valence-corrected chi connectivity index (χ0v) is 17.2. The van der Waals surface area contributed by atoms with E-state index >= 15 is 0 Å². The van der Waals surface area contributed by atoms with E-state index in [1.165, 1.54) is 9.44 Å². The summed E-state index contributed by atoms with van der Waals surface area (Å²) in [6.07, 6.45) is 8.22. The fraction of sp³-hybridized carbons (Fsp3) is 0.435. The van der Waals surface area contributed by atoms with Crippen molar-refractivity contribution < 1.29 is 9.53 Å². The van der Waals surface area contributed by atoms with E-state index in [-0.39, 0.29) is 24.2 Å². The summed E-state index contributed by atoms with van der Waals surface area (Å²) in [4.78, 5) is 33.2. The first-order valence-electron chi connectivity index (χ1n) is 10.5. The number of aromatic nitrogens is 2. The van der Waals surface area contributed by atoms with Gasteiger partial charge >= 0.3 is 5.97 Å². The van der Waals surface area contributed by atoms with Gasteiger partial charge in [0.1, 0.15) is 23.3 Å². The fourth-order valence-electron chi connectivity index (χ4n) is 4.55. The van der Waals surface area contributed by atoms with Gasteiger partial charge in [0, 0.05) is 10.4 Å². The summed E-state index contributed by atoms with van der Waals surface area (Å²) in [6.45, 7) is -0.0902. The van der Waals surface area contributed by atoms with Crippen LogP contribution in [0.25, 0.3) is 21.6 Å². The number of carbonyl (C=O) groups is 1. The van der Waals surface area contributed by atoms with Gasteiger partial charge in [0.05, 0.1) is 5.39 Å². The number of nitrogens with zero attached hydrogens (tertiary/aromatic N) is 2. The maximum Gasteiger partial charge on any atom is 0.326 e. The van der Waals surface area contributed by atoms with E-state index in [1.807, 2.05) is 30.3 Å². The largest absolute Gasteiger partial charge is 0.461 e. The van der Waals surface area contributed by atoms with Gasteiger partial charge in [-0.3, -0.25) is 14.2 Å². The van der Waals surface area contributed by atoms with Gasteiger partial charge in [-0.2, -0.15) is 0 Å². The van der Waals surface area contributed by atoms with Crippen molar-refractivity contribution >= 4 is 27.5 Å². The molecule has 1 aromatic carbocycles. The Labute approximate surface area is 173 Å². The monoisotopic (exact) mass is 408 g/mol. The molecule has 0 N–H and O–H groups in total. The van der Waals surface area contributed by atoms with Crippen LogP contribution in [0.15, 0.2) is 35.1 Å². The zero-order valence-electron chi connectivity index (χ0n) is 16.4. The fourth-order valence-corrected chi connectivity index (χ4v) is 5.80. The molecular weight excluding hydrogens is 384 g/mol. The van der Waals surface area contributed by atoms with Gasteiger partial charge in [0.15, 0.2) is 0 Å². The molecule has 0 radical (unpaired) electrons. The molecule has 2 heterocycles. The molecule has 0 saturated heterocycles. The Morgan fingerprint density at radius 2 is 1.86 bits per heavy atom. The van der Waals surface area contributed by atoms with Crippen LogP contribution >= 0.6 is 11.3 Å². The van der Waals surface area contributed by atoms with Crippen LogP contribution in [-0.4, -0.2) is 21.6 Å². The van der Waals surface area contributed by atoms with Crippen molar-refractivity contribution in [2.45, 2.75) is 64.0 Å². The Kier molecular flexibility index (Phi) is 4.96. The first-order chi connectivity index (χ1) is 14.2. The van der Waals surface area contributed by atoms with Gasteiger partial charge in [0.2, 0.25) is 0 Å². The second-order valence-electron chi connectivity index (χ2n) is 7.98. The van der Waals surface area contributed by atoms with Crippen molar-refractivity contribution in [1.82, 2.24) is 9.55 Å². The highest BCUT2D eigenvalue weighted by Crippen LogP contribution is 2.34. The lowest BCUT2D eigenvalue weighted by atomic mass is 9.97. The third kappa shape index (κ3) is 3.50. The standard InChI is InChI=1S/C23H24N2O3S/c26-19(28-16-10-4-5-11-16)14-25-21(15-8-2-1-3-9-15)24-22-20(23(25)27)17-12-6-7-13-18(17)29-22/h1-3,8-9,16H,4-7,10-14H2. The lowest BCUT2D eigenvalue weighted by Gasteiger charge is -2.15. The molecule has 5 nitrogen and oxygen atoms in total. The second-order valence-corrected chi connectivity index (χ2v) is 9.06.